The molecule has 1 rings (SSSR count). The first-order chi connectivity index (χ1) is 6.94. The summed E-state index contributed by atoms with van der Waals surface area (Å²) in [4.78, 5) is 4.27. The van der Waals surface area contributed by atoms with Crippen LogP contribution < -0.4 is 5.32 Å². The van der Waals surface area contributed by atoms with Crippen molar-refractivity contribution in [3.05, 3.63) is 21.2 Å². The zero-order valence-corrected chi connectivity index (χ0v) is 12.6. The molecule has 0 bridgehead atoms. The Balaban J connectivity index is 2.66. The topological polar surface area (TPSA) is 24.9 Å². The van der Waals surface area contributed by atoms with Gasteiger partial charge in [-0.3, -0.25) is 0 Å². The Morgan fingerprint density at radius 3 is 2.67 bits per heavy atom. The molecule has 84 valence electrons. The molecule has 1 aromatic rings. The monoisotopic (exact) mass is 354 g/mol. The highest BCUT2D eigenvalue weighted by molar-refractivity contribution is 9.11. The molecular formula is C10H13Br2ClN2. The third-order valence-electron chi connectivity index (χ3n) is 1.90. The van der Waals surface area contributed by atoms with Crippen molar-refractivity contribution in [2.24, 2.45) is 5.41 Å². The summed E-state index contributed by atoms with van der Waals surface area (Å²) in [5.74, 6) is 1.46. The van der Waals surface area contributed by atoms with Crippen LogP contribution in [0.3, 0.4) is 0 Å². The lowest BCUT2D eigenvalue weighted by Gasteiger charge is -2.22. The summed E-state index contributed by atoms with van der Waals surface area (Å²) in [6.07, 6.45) is 1.76. The van der Waals surface area contributed by atoms with Crippen LogP contribution in [0.15, 0.2) is 21.2 Å². The van der Waals surface area contributed by atoms with Crippen LogP contribution in [-0.4, -0.2) is 17.4 Å². The number of alkyl halides is 1. The minimum absolute atomic E-state index is 0.0652. The Morgan fingerprint density at radius 1 is 1.47 bits per heavy atom. The normalized spacial score (nSPS) is 11.5. The quantitative estimate of drug-likeness (QED) is 0.815. The summed E-state index contributed by atoms with van der Waals surface area (Å²) in [5.41, 5.74) is 0.0652. The van der Waals surface area contributed by atoms with Crippen molar-refractivity contribution in [1.82, 2.24) is 4.98 Å². The molecule has 1 heterocycles. The van der Waals surface area contributed by atoms with Crippen LogP contribution >= 0.6 is 43.5 Å². The largest absolute Gasteiger partial charge is 0.369 e. The van der Waals surface area contributed by atoms with Crippen molar-refractivity contribution in [2.45, 2.75) is 13.8 Å². The van der Waals surface area contributed by atoms with Crippen LogP contribution in [0.4, 0.5) is 5.82 Å². The van der Waals surface area contributed by atoms with Crippen molar-refractivity contribution in [1.29, 1.82) is 0 Å². The molecular weight excluding hydrogens is 343 g/mol. The third kappa shape index (κ3) is 4.29. The summed E-state index contributed by atoms with van der Waals surface area (Å²) in [6.45, 7) is 5.02. The molecule has 0 aliphatic carbocycles. The number of halogens is 3. The Kier molecular flexibility index (Phi) is 4.87. The van der Waals surface area contributed by atoms with Gasteiger partial charge in [0.25, 0.3) is 0 Å². The van der Waals surface area contributed by atoms with Gasteiger partial charge in [-0.1, -0.05) is 13.8 Å². The van der Waals surface area contributed by atoms with E-state index in [1.165, 1.54) is 0 Å². The van der Waals surface area contributed by atoms with Gasteiger partial charge in [0.05, 0.1) is 4.47 Å². The van der Waals surface area contributed by atoms with E-state index in [9.17, 15) is 0 Å². The molecule has 0 amide bonds. The Morgan fingerprint density at radius 2 is 2.13 bits per heavy atom. The lowest BCUT2D eigenvalue weighted by Crippen LogP contribution is -2.25. The number of rotatable bonds is 4. The smallest absolute Gasteiger partial charge is 0.140 e. The van der Waals surface area contributed by atoms with E-state index in [0.29, 0.717) is 5.88 Å². The zero-order valence-electron chi connectivity index (χ0n) is 8.65. The molecule has 1 N–H and O–H groups in total. The highest BCUT2D eigenvalue weighted by Crippen LogP contribution is 2.25. The van der Waals surface area contributed by atoms with Gasteiger partial charge in [0, 0.05) is 23.1 Å². The van der Waals surface area contributed by atoms with Crippen molar-refractivity contribution in [3.63, 3.8) is 0 Å². The van der Waals surface area contributed by atoms with E-state index in [0.717, 1.165) is 21.3 Å². The summed E-state index contributed by atoms with van der Waals surface area (Å²) in [6, 6.07) is 1.96. The van der Waals surface area contributed by atoms with Gasteiger partial charge in [0.1, 0.15) is 5.82 Å². The Bertz CT molecular complexity index is 342. The van der Waals surface area contributed by atoms with E-state index in [-0.39, 0.29) is 5.41 Å². The number of anilines is 1. The second-order valence-electron chi connectivity index (χ2n) is 4.14. The fourth-order valence-electron chi connectivity index (χ4n) is 0.915. The van der Waals surface area contributed by atoms with Crippen molar-refractivity contribution < 1.29 is 0 Å². The number of pyridine rings is 1. The molecule has 0 atom stereocenters. The molecule has 1 aromatic heterocycles. The maximum absolute atomic E-state index is 5.84. The average molecular weight is 356 g/mol. The molecule has 2 nitrogen and oxygen atoms in total. The zero-order chi connectivity index (χ0) is 11.5. The number of aromatic nitrogens is 1. The van der Waals surface area contributed by atoms with E-state index in [1.54, 1.807) is 6.20 Å². The van der Waals surface area contributed by atoms with Crippen LogP contribution in [0.25, 0.3) is 0 Å². The third-order valence-corrected chi connectivity index (χ3v) is 3.67. The number of hydrogen-bond donors (Lipinski definition) is 1. The summed E-state index contributed by atoms with van der Waals surface area (Å²) >= 11 is 12.7. The molecule has 0 saturated heterocycles. The molecule has 0 aromatic carbocycles. The van der Waals surface area contributed by atoms with E-state index in [1.807, 2.05) is 6.07 Å². The van der Waals surface area contributed by atoms with Crippen LogP contribution in [-0.2, 0) is 0 Å². The molecule has 5 heteroatoms. The summed E-state index contributed by atoms with van der Waals surface area (Å²) in [7, 11) is 0. The molecule has 0 fully saturated rings. The molecule has 0 spiro atoms. The standard InChI is InChI=1S/C10H13Br2ClN2/c1-10(2,5-13)6-15-9-8(12)3-7(11)4-14-9/h3-4H,5-6H2,1-2H3,(H,14,15). The molecule has 0 saturated carbocycles. The maximum atomic E-state index is 5.84. The van der Waals surface area contributed by atoms with Gasteiger partial charge in [-0.05, 0) is 43.3 Å². The van der Waals surface area contributed by atoms with Gasteiger partial charge < -0.3 is 5.32 Å². The second kappa shape index (κ2) is 5.51. The van der Waals surface area contributed by atoms with Crippen molar-refractivity contribution in [2.75, 3.05) is 17.7 Å². The lowest BCUT2D eigenvalue weighted by molar-refractivity contribution is 0.449. The molecule has 0 aliphatic rings. The predicted octanol–water partition coefficient (Wildman–Crippen LogP) is 4.28. The van der Waals surface area contributed by atoms with Crippen LogP contribution in [0.5, 0.6) is 0 Å². The van der Waals surface area contributed by atoms with Crippen LogP contribution in [0, 0.1) is 5.41 Å². The van der Waals surface area contributed by atoms with E-state index >= 15 is 0 Å². The predicted molar refractivity (Wildman–Crippen MR) is 72.6 cm³/mol. The van der Waals surface area contributed by atoms with E-state index in [4.69, 9.17) is 11.6 Å². The Labute approximate surface area is 112 Å². The average Bonchev–Trinajstić information content (AvgIpc) is 2.16. The maximum Gasteiger partial charge on any atom is 0.140 e. The Hall–Kier alpha value is 0.200. The summed E-state index contributed by atoms with van der Waals surface area (Å²) in [5, 5.41) is 3.27. The van der Waals surface area contributed by atoms with Gasteiger partial charge in [-0.25, -0.2) is 4.98 Å². The van der Waals surface area contributed by atoms with Gasteiger partial charge >= 0.3 is 0 Å². The number of nitrogens with zero attached hydrogens (tertiary/aromatic N) is 1. The lowest BCUT2D eigenvalue weighted by atomic mass is 9.97. The van der Waals surface area contributed by atoms with Crippen molar-refractivity contribution in [3.8, 4) is 0 Å². The first-order valence-electron chi connectivity index (χ1n) is 4.55. The minimum atomic E-state index is 0.0652. The SMILES string of the molecule is CC(C)(CCl)CNc1ncc(Br)cc1Br. The minimum Gasteiger partial charge on any atom is -0.369 e. The van der Waals surface area contributed by atoms with Gasteiger partial charge in [0.15, 0.2) is 0 Å². The van der Waals surface area contributed by atoms with Gasteiger partial charge in [-0.15, -0.1) is 11.6 Å². The van der Waals surface area contributed by atoms with E-state index < -0.39 is 0 Å². The summed E-state index contributed by atoms with van der Waals surface area (Å²) < 4.78 is 1.90. The first-order valence-corrected chi connectivity index (χ1v) is 6.67. The molecule has 15 heavy (non-hydrogen) atoms. The fraction of sp³-hybridized carbons (Fsp3) is 0.500. The first kappa shape index (κ1) is 13.3. The number of hydrogen-bond acceptors (Lipinski definition) is 2. The molecule has 0 radical (unpaired) electrons. The van der Waals surface area contributed by atoms with E-state index in [2.05, 4.69) is 56.0 Å². The van der Waals surface area contributed by atoms with Crippen molar-refractivity contribution >= 4 is 49.3 Å². The highest BCUT2D eigenvalue weighted by Gasteiger charge is 2.16. The van der Waals surface area contributed by atoms with Gasteiger partial charge in [0.2, 0.25) is 0 Å². The fourth-order valence-corrected chi connectivity index (χ4v) is 2.14. The molecule has 0 unspecified atom stereocenters. The number of nitrogens with one attached hydrogen (secondary N) is 1. The van der Waals surface area contributed by atoms with Gasteiger partial charge in [-0.2, -0.15) is 0 Å². The second-order valence-corrected chi connectivity index (χ2v) is 6.17. The molecule has 0 aliphatic heterocycles. The van der Waals surface area contributed by atoms with Crippen LogP contribution in [0.2, 0.25) is 0 Å². The van der Waals surface area contributed by atoms with Crippen LogP contribution in [0.1, 0.15) is 13.8 Å². The highest BCUT2D eigenvalue weighted by atomic mass is 79.9.